The lowest BCUT2D eigenvalue weighted by atomic mass is 9.68. The summed E-state index contributed by atoms with van der Waals surface area (Å²) in [5.41, 5.74) is 2.19. The second-order valence-electron chi connectivity index (χ2n) is 11.7. The van der Waals surface area contributed by atoms with E-state index >= 15 is 0 Å². The minimum absolute atomic E-state index is 0.0130. The zero-order valence-corrected chi connectivity index (χ0v) is 25.3. The quantitative estimate of drug-likeness (QED) is 0.149. The van der Waals surface area contributed by atoms with Crippen LogP contribution in [0.4, 0.5) is 11.4 Å². The summed E-state index contributed by atoms with van der Waals surface area (Å²) in [5, 5.41) is 12.7. The lowest BCUT2D eigenvalue weighted by molar-refractivity contribution is -0.384. The molecule has 4 aromatic rings. The maximum atomic E-state index is 14.0. The summed E-state index contributed by atoms with van der Waals surface area (Å²) in [4.78, 5) is 56.3. The van der Waals surface area contributed by atoms with Crippen LogP contribution in [0.15, 0.2) is 82.6 Å². The number of thioether (sulfide) groups is 1. The van der Waals surface area contributed by atoms with Crippen molar-refractivity contribution in [1.82, 2.24) is 4.98 Å². The number of carbonyl (C=O) groups is 2. The number of non-ortho nitro benzene ring substituents is 1. The molecule has 1 aromatic heterocycles. The number of carbonyl (C=O) groups excluding carboxylic acids is 2. The van der Waals surface area contributed by atoms with E-state index in [4.69, 9.17) is 16.3 Å². The standard InChI is InChI=1S/C32H24ClN3O6S2/c33-16-7-5-15(6-8-16)14-42-22-4-2-1-3-19(22)23-24-20-13-21(27(24)43-29-28(23)44-32(39)34-29)26-25(20)30(37)35(31(26)38)17-9-11-18(12-10-17)36(40)41/h1-12,20-21,23-27H,13-14H2,(H,34,39)/t20-,21-,23?,24?,25?,26?,27?/m1/s1. The predicted octanol–water partition coefficient (Wildman–Crippen LogP) is 6.25. The Morgan fingerprint density at radius 2 is 1.66 bits per heavy atom. The number of anilines is 1. The van der Waals surface area contributed by atoms with Crippen molar-refractivity contribution in [3.8, 4) is 5.75 Å². The van der Waals surface area contributed by atoms with Crippen LogP contribution in [0.1, 0.15) is 28.3 Å². The third kappa shape index (κ3) is 4.17. The number of aromatic nitrogens is 1. The smallest absolute Gasteiger partial charge is 0.305 e. The third-order valence-electron chi connectivity index (χ3n) is 9.60. The third-order valence-corrected chi connectivity index (χ3v) is 12.4. The summed E-state index contributed by atoms with van der Waals surface area (Å²) >= 11 is 8.89. The number of nitrogens with zero attached hydrogens (tertiary/aromatic N) is 2. The molecule has 1 N–H and O–H groups in total. The van der Waals surface area contributed by atoms with Crippen molar-refractivity contribution >= 4 is 57.9 Å². The zero-order valence-electron chi connectivity index (χ0n) is 22.9. The second-order valence-corrected chi connectivity index (χ2v) is 14.3. The number of hydrogen-bond donors (Lipinski definition) is 1. The van der Waals surface area contributed by atoms with Crippen LogP contribution in [0.3, 0.4) is 0 Å². The summed E-state index contributed by atoms with van der Waals surface area (Å²) in [6, 6.07) is 20.9. The van der Waals surface area contributed by atoms with E-state index < -0.39 is 16.8 Å². The van der Waals surface area contributed by atoms with Gasteiger partial charge >= 0.3 is 4.87 Å². The Morgan fingerprint density at radius 1 is 0.955 bits per heavy atom. The number of rotatable bonds is 6. The Morgan fingerprint density at radius 3 is 2.39 bits per heavy atom. The molecule has 3 heterocycles. The van der Waals surface area contributed by atoms with Crippen molar-refractivity contribution in [3.05, 3.63) is 114 Å². The molecule has 9 nitrogen and oxygen atoms in total. The van der Waals surface area contributed by atoms with Crippen LogP contribution >= 0.6 is 34.7 Å². The molecule has 2 aliphatic heterocycles. The van der Waals surface area contributed by atoms with Gasteiger partial charge in [-0.3, -0.25) is 29.4 Å². The highest BCUT2D eigenvalue weighted by molar-refractivity contribution is 8.00. The van der Waals surface area contributed by atoms with Crippen LogP contribution in [-0.4, -0.2) is 27.0 Å². The molecule has 2 amide bonds. The molecule has 0 radical (unpaired) electrons. The average molecular weight is 646 g/mol. The number of hydrogen-bond acceptors (Lipinski definition) is 8. The summed E-state index contributed by atoms with van der Waals surface area (Å²) < 4.78 is 6.38. The molecule has 1 saturated heterocycles. The molecule has 222 valence electrons. The maximum absolute atomic E-state index is 14.0. The first kappa shape index (κ1) is 27.6. The van der Waals surface area contributed by atoms with Crippen molar-refractivity contribution < 1.29 is 19.2 Å². The summed E-state index contributed by atoms with van der Waals surface area (Å²) in [6.45, 7) is 0.341. The lowest BCUT2D eigenvalue weighted by Crippen LogP contribution is -2.42. The number of nitrogens with one attached hydrogen (secondary N) is 1. The van der Waals surface area contributed by atoms with Crippen LogP contribution in [-0.2, 0) is 16.2 Å². The van der Waals surface area contributed by atoms with Gasteiger partial charge in [-0.2, -0.15) is 0 Å². The van der Waals surface area contributed by atoms with Gasteiger partial charge in [0.05, 0.1) is 27.5 Å². The SMILES string of the molecule is O=C1C2C(C(=O)N1c1ccc([N+](=O)[O-])cc1)[C@@H]1C[C@H]2C2Sc3[nH]c(=O)sc3C(c3ccccc3OCc3ccc(Cl)cc3)C21. The fourth-order valence-corrected chi connectivity index (χ4v) is 11.0. The number of thiazole rings is 1. The van der Waals surface area contributed by atoms with Gasteiger partial charge in [-0.15, -0.1) is 11.8 Å². The van der Waals surface area contributed by atoms with E-state index in [-0.39, 0.29) is 51.3 Å². The van der Waals surface area contributed by atoms with Gasteiger partial charge in [0, 0.05) is 38.8 Å². The molecule has 2 saturated carbocycles. The highest BCUT2D eigenvalue weighted by Gasteiger charge is 2.69. The van der Waals surface area contributed by atoms with Gasteiger partial charge in [-0.05, 0) is 60.1 Å². The number of fused-ring (bicyclic) bond motifs is 9. The van der Waals surface area contributed by atoms with Gasteiger partial charge in [0.25, 0.3) is 5.69 Å². The number of para-hydroxylation sites is 1. The molecule has 2 aliphatic carbocycles. The van der Waals surface area contributed by atoms with Gasteiger partial charge in [-0.25, -0.2) is 0 Å². The molecule has 5 unspecified atom stereocenters. The fourth-order valence-electron chi connectivity index (χ4n) is 7.95. The van der Waals surface area contributed by atoms with Crippen LogP contribution in [0.25, 0.3) is 0 Å². The minimum atomic E-state index is -0.506. The summed E-state index contributed by atoms with van der Waals surface area (Å²) in [5.74, 6) is -0.996. The van der Waals surface area contributed by atoms with Gasteiger partial charge in [-0.1, -0.05) is 53.3 Å². The van der Waals surface area contributed by atoms with E-state index in [0.29, 0.717) is 23.1 Å². The van der Waals surface area contributed by atoms with E-state index in [2.05, 4.69) is 4.98 Å². The van der Waals surface area contributed by atoms with Crippen LogP contribution in [0.2, 0.25) is 5.02 Å². The zero-order chi connectivity index (χ0) is 30.3. The Kier molecular flexibility index (Phi) is 6.48. The normalized spacial score (nSPS) is 28.1. The molecule has 2 bridgehead atoms. The number of nitro groups is 1. The Hall–Kier alpha value is -3.93. The van der Waals surface area contributed by atoms with Crippen LogP contribution < -0.4 is 14.5 Å². The first-order valence-corrected chi connectivity index (χ1v) is 16.4. The topological polar surface area (TPSA) is 123 Å². The molecule has 0 spiro atoms. The number of amides is 2. The predicted molar refractivity (Wildman–Crippen MR) is 166 cm³/mol. The number of ether oxygens (including phenoxy) is 1. The van der Waals surface area contributed by atoms with Crippen molar-refractivity contribution in [3.63, 3.8) is 0 Å². The van der Waals surface area contributed by atoms with E-state index in [1.807, 2.05) is 48.5 Å². The number of aromatic amines is 1. The Labute approximate surface area is 264 Å². The van der Waals surface area contributed by atoms with E-state index in [0.717, 1.165) is 27.5 Å². The summed E-state index contributed by atoms with van der Waals surface area (Å²) in [6.07, 6.45) is 0.757. The van der Waals surface area contributed by atoms with Crippen LogP contribution in [0, 0.1) is 39.7 Å². The summed E-state index contributed by atoms with van der Waals surface area (Å²) in [7, 11) is 0. The van der Waals surface area contributed by atoms with E-state index in [1.165, 1.54) is 40.5 Å². The van der Waals surface area contributed by atoms with Crippen LogP contribution in [0.5, 0.6) is 5.75 Å². The van der Waals surface area contributed by atoms with Gasteiger partial charge < -0.3 is 9.72 Å². The highest BCUT2D eigenvalue weighted by atomic mass is 35.5. The molecule has 3 fully saturated rings. The molecule has 12 heteroatoms. The Bertz CT molecular complexity index is 1890. The first-order chi connectivity index (χ1) is 21.3. The van der Waals surface area contributed by atoms with Crippen molar-refractivity contribution in [2.45, 2.75) is 29.2 Å². The molecule has 4 aliphatic rings. The minimum Gasteiger partial charge on any atom is -0.489 e. The number of benzene rings is 3. The maximum Gasteiger partial charge on any atom is 0.305 e. The van der Waals surface area contributed by atoms with E-state index in [1.54, 1.807) is 11.8 Å². The van der Waals surface area contributed by atoms with E-state index in [9.17, 15) is 24.5 Å². The Balaban J connectivity index is 1.16. The molecule has 7 atom stereocenters. The first-order valence-electron chi connectivity index (χ1n) is 14.3. The molecular formula is C32H24ClN3O6S2. The second kappa shape index (κ2) is 10.3. The molecular weight excluding hydrogens is 622 g/mol. The van der Waals surface area contributed by atoms with Crippen molar-refractivity contribution in [2.75, 3.05) is 4.90 Å². The fraction of sp³-hybridized carbons (Fsp3) is 0.281. The average Bonchev–Trinajstić information content (AvgIpc) is 3.76. The van der Waals surface area contributed by atoms with Gasteiger partial charge in [0.2, 0.25) is 11.8 Å². The van der Waals surface area contributed by atoms with Crippen molar-refractivity contribution in [2.24, 2.45) is 29.6 Å². The molecule has 8 rings (SSSR count). The highest BCUT2D eigenvalue weighted by Crippen LogP contribution is 2.69. The number of halogens is 1. The number of H-pyrrole nitrogens is 1. The molecule has 44 heavy (non-hydrogen) atoms. The molecule has 3 aromatic carbocycles. The number of nitro benzene ring substituents is 1. The van der Waals surface area contributed by atoms with Gasteiger partial charge in [0.15, 0.2) is 0 Å². The number of imide groups is 1. The largest absolute Gasteiger partial charge is 0.489 e. The van der Waals surface area contributed by atoms with Gasteiger partial charge in [0.1, 0.15) is 12.4 Å². The van der Waals surface area contributed by atoms with Crippen molar-refractivity contribution in [1.29, 1.82) is 0 Å². The lowest BCUT2D eigenvalue weighted by Gasteiger charge is -2.43. The monoisotopic (exact) mass is 645 g/mol.